The Morgan fingerprint density at radius 2 is 1.65 bits per heavy atom. The molecule has 0 aromatic heterocycles. The molecule has 1 amide bonds. The summed E-state index contributed by atoms with van der Waals surface area (Å²) in [5.74, 6) is -0.0519. The van der Waals surface area contributed by atoms with Crippen molar-refractivity contribution >= 4 is 17.3 Å². The van der Waals surface area contributed by atoms with Crippen LogP contribution in [0.5, 0.6) is 0 Å². The number of hydrogen-bond acceptors (Lipinski definition) is 2. The minimum Gasteiger partial charge on any atom is -0.372 e. The molecule has 1 aliphatic heterocycles. The van der Waals surface area contributed by atoms with Gasteiger partial charge in [-0.25, -0.2) is 0 Å². The van der Waals surface area contributed by atoms with Gasteiger partial charge in [-0.15, -0.1) is 0 Å². The second-order valence-electron chi connectivity index (χ2n) is 6.37. The molecule has 1 heterocycles. The van der Waals surface area contributed by atoms with Gasteiger partial charge in [-0.05, 0) is 74.6 Å². The van der Waals surface area contributed by atoms with Crippen molar-refractivity contribution in [3.05, 3.63) is 59.2 Å². The number of anilines is 2. The topological polar surface area (TPSA) is 32.3 Å². The molecular formula is C20H24N2O. The lowest BCUT2D eigenvalue weighted by molar-refractivity contribution is 0.102. The first-order valence-corrected chi connectivity index (χ1v) is 8.37. The maximum absolute atomic E-state index is 12.4. The summed E-state index contributed by atoms with van der Waals surface area (Å²) in [6.07, 6.45) is 3.84. The number of hydrogen-bond donors (Lipinski definition) is 1. The SMILES string of the molecule is Cc1ccc(C)c(NC(=O)c2ccc(N3CCCCC3)cc2)c1. The van der Waals surface area contributed by atoms with Crippen LogP contribution in [-0.4, -0.2) is 19.0 Å². The summed E-state index contributed by atoms with van der Waals surface area (Å²) >= 11 is 0. The third-order valence-corrected chi connectivity index (χ3v) is 4.49. The molecule has 1 aliphatic rings. The van der Waals surface area contributed by atoms with Gasteiger partial charge < -0.3 is 10.2 Å². The van der Waals surface area contributed by atoms with Crippen LogP contribution in [0.1, 0.15) is 40.7 Å². The quantitative estimate of drug-likeness (QED) is 0.902. The van der Waals surface area contributed by atoms with Crippen LogP contribution in [0.25, 0.3) is 0 Å². The molecule has 1 N–H and O–H groups in total. The van der Waals surface area contributed by atoms with Crippen LogP contribution in [0.2, 0.25) is 0 Å². The second kappa shape index (κ2) is 6.86. The summed E-state index contributed by atoms with van der Waals surface area (Å²) in [5.41, 5.74) is 5.02. The highest BCUT2D eigenvalue weighted by molar-refractivity contribution is 6.04. The van der Waals surface area contributed by atoms with E-state index in [-0.39, 0.29) is 5.91 Å². The molecule has 0 unspecified atom stereocenters. The van der Waals surface area contributed by atoms with Crippen molar-refractivity contribution in [2.45, 2.75) is 33.1 Å². The number of aryl methyl sites for hydroxylation is 2. The van der Waals surface area contributed by atoms with Crippen LogP contribution in [0.3, 0.4) is 0 Å². The molecule has 0 spiro atoms. The fraction of sp³-hybridized carbons (Fsp3) is 0.350. The summed E-state index contributed by atoms with van der Waals surface area (Å²) in [6, 6.07) is 14.1. The van der Waals surface area contributed by atoms with E-state index in [1.807, 2.05) is 38.1 Å². The van der Waals surface area contributed by atoms with Gasteiger partial charge in [-0.1, -0.05) is 12.1 Å². The van der Waals surface area contributed by atoms with Crippen LogP contribution >= 0.6 is 0 Å². The summed E-state index contributed by atoms with van der Waals surface area (Å²) in [4.78, 5) is 14.8. The number of amides is 1. The lowest BCUT2D eigenvalue weighted by Gasteiger charge is -2.28. The number of benzene rings is 2. The Balaban J connectivity index is 1.71. The van der Waals surface area contributed by atoms with Gasteiger partial charge >= 0.3 is 0 Å². The van der Waals surface area contributed by atoms with Crippen molar-refractivity contribution in [1.82, 2.24) is 0 Å². The van der Waals surface area contributed by atoms with E-state index in [9.17, 15) is 4.79 Å². The molecule has 3 nitrogen and oxygen atoms in total. The average Bonchev–Trinajstić information content (AvgIpc) is 2.59. The minimum atomic E-state index is -0.0519. The van der Waals surface area contributed by atoms with Gasteiger partial charge in [0, 0.05) is 30.0 Å². The average molecular weight is 308 g/mol. The van der Waals surface area contributed by atoms with Gasteiger partial charge in [0.25, 0.3) is 5.91 Å². The van der Waals surface area contributed by atoms with Crippen LogP contribution in [0, 0.1) is 13.8 Å². The van der Waals surface area contributed by atoms with Crippen molar-refractivity contribution in [3.63, 3.8) is 0 Å². The molecule has 120 valence electrons. The highest BCUT2D eigenvalue weighted by atomic mass is 16.1. The highest BCUT2D eigenvalue weighted by Gasteiger charge is 2.12. The van der Waals surface area contributed by atoms with E-state index >= 15 is 0 Å². The summed E-state index contributed by atoms with van der Waals surface area (Å²) < 4.78 is 0. The lowest BCUT2D eigenvalue weighted by atomic mass is 10.1. The second-order valence-corrected chi connectivity index (χ2v) is 6.37. The largest absolute Gasteiger partial charge is 0.372 e. The van der Waals surface area contributed by atoms with Crippen LogP contribution in [0.4, 0.5) is 11.4 Å². The number of nitrogens with zero attached hydrogens (tertiary/aromatic N) is 1. The van der Waals surface area contributed by atoms with E-state index in [1.54, 1.807) is 0 Å². The van der Waals surface area contributed by atoms with E-state index in [1.165, 1.54) is 24.9 Å². The van der Waals surface area contributed by atoms with Gasteiger partial charge in [0.2, 0.25) is 0 Å². The Labute approximate surface area is 138 Å². The fourth-order valence-corrected chi connectivity index (χ4v) is 3.04. The Kier molecular flexibility index (Phi) is 4.65. The number of piperidine rings is 1. The third-order valence-electron chi connectivity index (χ3n) is 4.49. The van der Waals surface area contributed by atoms with E-state index in [0.717, 1.165) is 29.9 Å². The van der Waals surface area contributed by atoms with Crippen LogP contribution in [0.15, 0.2) is 42.5 Å². The van der Waals surface area contributed by atoms with Crippen LogP contribution in [-0.2, 0) is 0 Å². The molecule has 0 aliphatic carbocycles. The molecule has 0 radical (unpaired) electrons. The van der Waals surface area contributed by atoms with Gasteiger partial charge in [0.05, 0.1) is 0 Å². The molecule has 0 atom stereocenters. The first-order valence-electron chi connectivity index (χ1n) is 8.37. The first kappa shape index (κ1) is 15.6. The molecule has 0 bridgehead atoms. The zero-order valence-electron chi connectivity index (χ0n) is 13.9. The lowest BCUT2D eigenvalue weighted by Crippen LogP contribution is -2.29. The standard InChI is InChI=1S/C20H24N2O/c1-15-6-7-16(2)19(14-15)21-20(23)17-8-10-18(11-9-17)22-12-4-3-5-13-22/h6-11,14H,3-5,12-13H2,1-2H3,(H,21,23). The number of rotatable bonds is 3. The van der Waals surface area contributed by atoms with Crippen molar-refractivity contribution < 1.29 is 4.79 Å². The molecule has 2 aromatic rings. The van der Waals surface area contributed by atoms with Crippen molar-refractivity contribution in [2.75, 3.05) is 23.3 Å². The monoisotopic (exact) mass is 308 g/mol. The number of carbonyl (C=O) groups excluding carboxylic acids is 1. The van der Waals surface area contributed by atoms with E-state index in [4.69, 9.17) is 0 Å². The van der Waals surface area contributed by atoms with Crippen molar-refractivity contribution in [2.24, 2.45) is 0 Å². The van der Waals surface area contributed by atoms with Gasteiger partial charge in [0.15, 0.2) is 0 Å². The molecule has 3 heteroatoms. The van der Waals surface area contributed by atoms with Gasteiger partial charge in [-0.2, -0.15) is 0 Å². The summed E-state index contributed by atoms with van der Waals surface area (Å²) in [7, 11) is 0. The van der Waals surface area contributed by atoms with E-state index in [0.29, 0.717) is 5.56 Å². The molecule has 2 aromatic carbocycles. The zero-order valence-corrected chi connectivity index (χ0v) is 13.9. The first-order chi connectivity index (χ1) is 11.1. The summed E-state index contributed by atoms with van der Waals surface area (Å²) in [5, 5.41) is 3.01. The van der Waals surface area contributed by atoms with Crippen molar-refractivity contribution in [3.8, 4) is 0 Å². The molecule has 0 saturated carbocycles. The van der Waals surface area contributed by atoms with Crippen molar-refractivity contribution in [1.29, 1.82) is 0 Å². The Hall–Kier alpha value is -2.29. The Bertz CT molecular complexity index is 685. The smallest absolute Gasteiger partial charge is 0.255 e. The number of carbonyl (C=O) groups is 1. The van der Waals surface area contributed by atoms with E-state index in [2.05, 4.69) is 28.4 Å². The minimum absolute atomic E-state index is 0.0519. The fourth-order valence-electron chi connectivity index (χ4n) is 3.04. The van der Waals surface area contributed by atoms with Gasteiger partial charge in [-0.3, -0.25) is 4.79 Å². The molecule has 1 saturated heterocycles. The Morgan fingerprint density at radius 3 is 2.35 bits per heavy atom. The zero-order chi connectivity index (χ0) is 16.2. The predicted octanol–water partition coefficient (Wildman–Crippen LogP) is 4.55. The van der Waals surface area contributed by atoms with Crippen LogP contribution < -0.4 is 10.2 Å². The third kappa shape index (κ3) is 3.73. The summed E-state index contributed by atoms with van der Waals surface area (Å²) in [6.45, 7) is 6.28. The molecule has 23 heavy (non-hydrogen) atoms. The molecular weight excluding hydrogens is 284 g/mol. The molecule has 3 rings (SSSR count). The Morgan fingerprint density at radius 1 is 0.957 bits per heavy atom. The van der Waals surface area contributed by atoms with E-state index < -0.39 is 0 Å². The molecule has 1 fully saturated rings. The normalized spacial score (nSPS) is 14.6. The number of nitrogens with one attached hydrogen (secondary N) is 1. The maximum atomic E-state index is 12.4. The predicted molar refractivity (Wildman–Crippen MR) is 96.4 cm³/mol. The van der Waals surface area contributed by atoms with Gasteiger partial charge in [0.1, 0.15) is 0 Å². The maximum Gasteiger partial charge on any atom is 0.255 e. The highest BCUT2D eigenvalue weighted by Crippen LogP contribution is 2.21.